The summed E-state index contributed by atoms with van der Waals surface area (Å²) in [6, 6.07) is 7.90. The molecule has 7 heteroatoms. The van der Waals surface area contributed by atoms with Crippen LogP contribution >= 0.6 is 22.9 Å². The zero-order valence-corrected chi connectivity index (χ0v) is 13.4. The number of hydrogen-bond acceptors (Lipinski definition) is 4. The predicted molar refractivity (Wildman–Crippen MR) is 88.7 cm³/mol. The van der Waals surface area contributed by atoms with Crippen LogP contribution in [-0.2, 0) is 18.4 Å². The molecule has 0 aliphatic heterocycles. The fraction of sp³-hybridized carbons (Fsp3) is 0.133. The number of fused-ring (bicyclic) bond motifs is 1. The summed E-state index contributed by atoms with van der Waals surface area (Å²) in [5.74, 6) is 0.498. The summed E-state index contributed by atoms with van der Waals surface area (Å²) in [5, 5.41) is 12.1. The predicted octanol–water partition coefficient (Wildman–Crippen LogP) is 3.01. The van der Waals surface area contributed by atoms with E-state index >= 15 is 0 Å². The number of nitrogens with zero attached hydrogens (tertiary/aromatic N) is 3. The number of nitrogens with one attached hydrogen (secondary N) is 1. The highest BCUT2D eigenvalue weighted by Gasteiger charge is 2.08. The number of aryl methyl sites for hydroxylation is 1. The van der Waals surface area contributed by atoms with Crippen LogP contribution < -0.4 is 5.32 Å². The van der Waals surface area contributed by atoms with Crippen molar-refractivity contribution in [2.24, 2.45) is 7.05 Å². The van der Waals surface area contributed by atoms with Crippen LogP contribution in [0, 0.1) is 0 Å². The van der Waals surface area contributed by atoms with Gasteiger partial charge >= 0.3 is 0 Å². The van der Waals surface area contributed by atoms with Gasteiger partial charge in [-0.05, 0) is 12.1 Å². The van der Waals surface area contributed by atoms with Crippen molar-refractivity contribution in [3.05, 3.63) is 52.4 Å². The molecule has 0 aliphatic rings. The summed E-state index contributed by atoms with van der Waals surface area (Å²) in [5.41, 5.74) is 0. The molecule has 1 aromatic carbocycles. The third kappa shape index (κ3) is 3.03. The van der Waals surface area contributed by atoms with Crippen molar-refractivity contribution in [3.8, 4) is 0 Å². The van der Waals surface area contributed by atoms with Crippen molar-refractivity contribution in [1.29, 1.82) is 0 Å². The normalized spacial score (nSPS) is 11.4. The molecule has 0 aliphatic carbocycles. The van der Waals surface area contributed by atoms with Crippen molar-refractivity contribution in [2.75, 3.05) is 0 Å². The molecule has 0 saturated carbocycles. The summed E-state index contributed by atoms with van der Waals surface area (Å²) >= 11 is 7.88. The summed E-state index contributed by atoms with van der Waals surface area (Å²) in [7, 11) is 1.83. The quantitative estimate of drug-likeness (QED) is 0.747. The lowest BCUT2D eigenvalue weighted by Crippen LogP contribution is -2.22. The molecular formula is C15H13ClN4OS. The van der Waals surface area contributed by atoms with Crippen molar-refractivity contribution in [3.63, 3.8) is 0 Å². The Morgan fingerprint density at radius 2 is 2.27 bits per heavy atom. The molecule has 112 valence electrons. The number of carbonyl (C=O) groups is 1. The van der Waals surface area contributed by atoms with Crippen molar-refractivity contribution >= 4 is 45.0 Å². The Labute approximate surface area is 136 Å². The van der Waals surface area contributed by atoms with E-state index in [1.54, 1.807) is 28.3 Å². The van der Waals surface area contributed by atoms with Crippen molar-refractivity contribution in [1.82, 2.24) is 20.1 Å². The second-order valence-corrected chi connectivity index (χ2v) is 6.15. The number of rotatable bonds is 4. The van der Waals surface area contributed by atoms with Gasteiger partial charge in [-0.2, -0.15) is 0 Å². The van der Waals surface area contributed by atoms with Gasteiger partial charge in [0.05, 0.1) is 11.6 Å². The van der Waals surface area contributed by atoms with Gasteiger partial charge in [0, 0.05) is 28.1 Å². The minimum Gasteiger partial charge on any atom is -0.345 e. The number of carbonyl (C=O) groups excluding carboxylic acids is 1. The van der Waals surface area contributed by atoms with E-state index in [1.165, 1.54) is 6.08 Å². The summed E-state index contributed by atoms with van der Waals surface area (Å²) in [6.07, 6.45) is 4.81. The average Bonchev–Trinajstić information content (AvgIpc) is 3.07. The van der Waals surface area contributed by atoms with Crippen LogP contribution in [0.3, 0.4) is 0 Å². The third-order valence-electron chi connectivity index (χ3n) is 3.17. The van der Waals surface area contributed by atoms with E-state index in [0.717, 1.165) is 15.0 Å². The molecule has 2 heterocycles. The molecule has 0 saturated heterocycles. The number of hydrogen-bond donors (Lipinski definition) is 1. The lowest BCUT2D eigenvalue weighted by Gasteiger charge is -2.00. The first-order valence-corrected chi connectivity index (χ1v) is 7.80. The molecule has 0 unspecified atom stereocenters. The first-order chi connectivity index (χ1) is 10.6. The van der Waals surface area contributed by atoms with Crippen LogP contribution in [0.15, 0.2) is 36.7 Å². The highest BCUT2D eigenvalue weighted by Crippen LogP contribution is 2.35. The third-order valence-corrected chi connectivity index (χ3v) is 4.83. The Balaban J connectivity index is 1.68. The largest absolute Gasteiger partial charge is 0.345 e. The van der Waals surface area contributed by atoms with Gasteiger partial charge < -0.3 is 9.88 Å². The molecule has 0 radical (unpaired) electrons. The van der Waals surface area contributed by atoms with Crippen LogP contribution in [0.1, 0.15) is 10.7 Å². The van der Waals surface area contributed by atoms with Crippen LogP contribution in [0.4, 0.5) is 0 Å². The fourth-order valence-electron chi connectivity index (χ4n) is 1.98. The zero-order valence-electron chi connectivity index (χ0n) is 11.8. The lowest BCUT2D eigenvalue weighted by molar-refractivity contribution is -0.116. The van der Waals surface area contributed by atoms with E-state index in [9.17, 15) is 4.79 Å². The van der Waals surface area contributed by atoms with E-state index in [2.05, 4.69) is 15.5 Å². The maximum atomic E-state index is 11.9. The van der Waals surface area contributed by atoms with Crippen molar-refractivity contribution in [2.45, 2.75) is 6.54 Å². The maximum Gasteiger partial charge on any atom is 0.244 e. The second kappa shape index (κ2) is 6.29. The van der Waals surface area contributed by atoms with Gasteiger partial charge in [0.1, 0.15) is 6.33 Å². The maximum absolute atomic E-state index is 11.9. The highest BCUT2D eigenvalue weighted by atomic mass is 35.5. The molecule has 3 aromatic rings. The van der Waals surface area contributed by atoms with Crippen LogP contribution in [0.5, 0.6) is 0 Å². The molecular weight excluding hydrogens is 320 g/mol. The van der Waals surface area contributed by atoms with Crippen LogP contribution in [0.2, 0.25) is 5.02 Å². The van der Waals surface area contributed by atoms with Gasteiger partial charge in [0.25, 0.3) is 0 Å². The molecule has 3 rings (SSSR count). The molecule has 0 spiro atoms. The van der Waals surface area contributed by atoms with Crippen molar-refractivity contribution < 1.29 is 4.79 Å². The summed E-state index contributed by atoms with van der Waals surface area (Å²) in [6.45, 7) is 0.333. The second-order valence-electron chi connectivity index (χ2n) is 4.69. The van der Waals surface area contributed by atoms with E-state index in [1.807, 2.05) is 31.3 Å². The van der Waals surface area contributed by atoms with E-state index in [0.29, 0.717) is 17.4 Å². The summed E-state index contributed by atoms with van der Waals surface area (Å²) in [4.78, 5) is 12.7. The Hall–Kier alpha value is -2.18. The number of benzene rings is 1. The number of halogens is 1. The van der Waals surface area contributed by atoms with E-state index < -0.39 is 0 Å². The van der Waals surface area contributed by atoms with Gasteiger partial charge in [-0.3, -0.25) is 4.79 Å². The van der Waals surface area contributed by atoms with Gasteiger partial charge in [-0.15, -0.1) is 21.5 Å². The first kappa shape index (κ1) is 14.7. The van der Waals surface area contributed by atoms with Gasteiger partial charge in [-0.25, -0.2) is 0 Å². The number of thiophene rings is 1. The minimum atomic E-state index is -0.198. The fourth-order valence-corrected chi connectivity index (χ4v) is 3.38. The zero-order chi connectivity index (χ0) is 15.5. The Bertz CT molecular complexity index is 852. The molecule has 0 fully saturated rings. The number of aromatic nitrogens is 3. The number of amides is 1. The standard InChI is InChI=1S/C15H13ClN4OS/c1-20-9-18-19-13(20)8-17-14(21)7-6-12-15(16)10-4-2-3-5-11(10)22-12/h2-7,9H,8H2,1H3,(H,17,21)/b7-6+. The smallest absolute Gasteiger partial charge is 0.244 e. The minimum absolute atomic E-state index is 0.198. The molecule has 0 bridgehead atoms. The van der Waals surface area contributed by atoms with Crippen LogP contribution in [-0.4, -0.2) is 20.7 Å². The molecule has 1 amide bonds. The molecule has 1 N–H and O–H groups in total. The Morgan fingerprint density at radius 1 is 1.45 bits per heavy atom. The lowest BCUT2D eigenvalue weighted by atomic mass is 10.2. The molecule has 0 atom stereocenters. The Kier molecular flexibility index (Phi) is 4.22. The molecule has 2 aromatic heterocycles. The Morgan fingerprint density at radius 3 is 3.00 bits per heavy atom. The van der Waals surface area contributed by atoms with E-state index in [-0.39, 0.29) is 5.91 Å². The van der Waals surface area contributed by atoms with Gasteiger partial charge in [0.15, 0.2) is 5.82 Å². The SMILES string of the molecule is Cn1cnnc1CNC(=O)/C=C/c1sc2ccccc2c1Cl. The van der Waals surface area contributed by atoms with Gasteiger partial charge in [-0.1, -0.05) is 29.8 Å². The summed E-state index contributed by atoms with van der Waals surface area (Å²) < 4.78 is 2.86. The van der Waals surface area contributed by atoms with E-state index in [4.69, 9.17) is 11.6 Å². The average molecular weight is 333 g/mol. The van der Waals surface area contributed by atoms with Gasteiger partial charge in [0.2, 0.25) is 5.91 Å². The monoisotopic (exact) mass is 332 g/mol. The molecule has 22 heavy (non-hydrogen) atoms. The molecule has 5 nitrogen and oxygen atoms in total. The van der Waals surface area contributed by atoms with Crippen LogP contribution in [0.25, 0.3) is 16.2 Å². The topological polar surface area (TPSA) is 59.8 Å². The first-order valence-electron chi connectivity index (χ1n) is 6.61. The highest BCUT2D eigenvalue weighted by molar-refractivity contribution is 7.20.